The molecule has 3 rings (SSSR count). The number of anilines is 1. The van der Waals surface area contributed by atoms with E-state index in [1.807, 2.05) is 6.07 Å². The van der Waals surface area contributed by atoms with E-state index in [1.165, 1.54) is 38.5 Å². The third-order valence-electron chi connectivity index (χ3n) is 5.20. The van der Waals surface area contributed by atoms with Gasteiger partial charge in [0.25, 0.3) is 0 Å². The fourth-order valence-electron chi connectivity index (χ4n) is 4.17. The van der Waals surface area contributed by atoms with Crippen molar-refractivity contribution in [2.75, 3.05) is 18.0 Å². The third kappa shape index (κ3) is 3.08. The van der Waals surface area contributed by atoms with Crippen molar-refractivity contribution in [1.82, 2.24) is 5.32 Å². The van der Waals surface area contributed by atoms with Crippen molar-refractivity contribution in [3.63, 3.8) is 0 Å². The number of nitrogens with one attached hydrogen (secondary N) is 1. The van der Waals surface area contributed by atoms with Crippen LogP contribution in [0.25, 0.3) is 0 Å². The van der Waals surface area contributed by atoms with E-state index >= 15 is 0 Å². The molecule has 2 unspecified atom stereocenters. The van der Waals surface area contributed by atoms with Crippen molar-refractivity contribution in [1.29, 1.82) is 0 Å². The van der Waals surface area contributed by atoms with Gasteiger partial charge in [-0.05, 0) is 50.3 Å². The lowest BCUT2D eigenvalue weighted by atomic mass is 9.78. The van der Waals surface area contributed by atoms with Crippen LogP contribution in [0.3, 0.4) is 0 Å². The molecule has 0 aromatic heterocycles. The number of hydrogen-bond acceptors (Lipinski definition) is 2. The van der Waals surface area contributed by atoms with Crippen LogP contribution >= 0.6 is 0 Å². The Bertz CT molecular complexity index is 472. The van der Waals surface area contributed by atoms with Crippen molar-refractivity contribution in [2.24, 2.45) is 5.92 Å². The number of nitrogens with zero attached hydrogens (tertiary/aromatic N) is 1. The van der Waals surface area contributed by atoms with Crippen LogP contribution in [-0.2, 0) is 6.54 Å². The zero-order valence-electron chi connectivity index (χ0n) is 13.1. The number of fused-ring (bicyclic) bond motifs is 1. The van der Waals surface area contributed by atoms with Gasteiger partial charge in [-0.25, -0.2) is 4.39 Å². The Labute approximate surface area is 127 Å². The number of piperidine rings is 1. The normalized spacial score (nSPS) is 25.7. The summed E-state index contributed by atoms with van der Waals surface area (Å²) in [5.74, 6) is 0.758. The second kappa shape index (κ2) is 6.78. The number of benzene rings is 1. The molecule has 116 valence electrons. The van der Waals surface area contributed by atoms with Gasteiger partial charge in [-0.3, -0.25) is 0 Å². The highest BCUT2D eigenvalue weighted by Gasteiger charge is 2.34. The first-order valence-electron chi connectivity index (χ1n) is 8.56. The smallest absolute Gasteiger partial charge is 0.129 e. The van der Waals surface area contributed by atoms with E-state index < -0.39 is 0 Å². The summed E-state index contributed by atoms with van der Waals surface area (Å²) in [6, 6.07) is 6.22. The fraction of sp³-hybridized carbons (Fsp3) is 0.667. The molecule has 1 aliphatic heterocycles. The molecule has 1 saturated heterocycles. The van der Waals surface area contributed by atoms with Gasteiger partial charge in [0.05, 0.1) is 0 Å². The number of hydrogen-bond donors (Lipinski definition) is 1. The topological polar surface area (TPSA) is 15.3 Å². The van der Waals surface area contributed by atoms with Crippen molar-refractivity contribution in [3.05, 3.63) is 29.6 Å². The molecule has 2 atom stereocenters. The van der Waals surface area contributed by atoms with Gasteiger partial charge < -0.3 is 10.2 Å². The van der Waals surface area contributed by atoms with Gasteiger partial charge in [0.2, 0.25) is 0 Å². The minimum Gasteiger partial charge on any atom is -0.368 e. The standard InChI is InChI=1S/C18H27FN2/c1-2-20-13-15-16(19)9-5-11-18(15)21-12-6-8-14-7-3-4-10-17(14)21/h5,9,11,14,17,20H,2-4,6-8,10,12-13H2,1H3. The molecule has 1 aliphatic carbocycles. The minimum atomic E-state index is -0.0635. The summed E-state index contributed by atoms with van der Waals surface area (Å²) < 4.78 is 14.3. The number of halogens is 1. The van der Waals surface area contributed by atoms with Crippen LogP contribution in [0.15, 0.2) is 18.2 Å². The molecule has 1 N–H and O–H groups in total. The van der Waals surface area contributed by atoms with Gasteiger partial charge in [0.1, 0.15) is 5.82 Å². The summed E-state index contributed by atoms with van der Waals surface area (Å²) in [5, 5.41) is 3.29. The van der Waals surface area contributed by atoms with Crippen LogP contribution in [-0.4, -0.2) is 19.1 Å². The lowest BCUT2D eigenvalue weighted by Gasteiger charge is -2.46. The van der Waals surface area contributed by atoms with Gasteiger partial charge in [-0.2, -0.15) is 0 Å². The summed E-state index contributed by atoms with van der Waals surface area (Å²) in [6.45, 7) is 4.66. The third-order valence-corrected chi connectivity index (χ3v) is 5.20. The first-order chi connectivity index (χ1) is 10.3. The SMILES string of the molecule is CCNCc1c(F)cccc1N1CCCC2CCCCC21. The van der Waals surface area contributed by atoms with Crippen LogP contribution in [0.1, 0.15) is 51.0 Å². The molecule has 2 aliphatic rings. The molecule has 1 aromatic carbocycles. The molecule has 0 bridgehead atoms. The molecular formula is C18H27FN2. The van der Waals surface area contributed by atoms with E-state index in [9.17, 15) is 4.39 Å². The van der Waals surface area contributed by atoms with Gasteiger partial charge in [0, 0.05) is 30.4 Å². The maximum atomic E-state index is 14.3. The molecule has 2 nitrogen and oxygen atoms in total. The average molecular weight is 290 g/mol. The van der Waals surface area contributed by atoms with Crippen LogP contribution in [0.2, 0.25) is 0 Å². The Balaban J connectivity index is 1.89. The molecule has 1 saturated carbocycles. The van der Waals surface area contributed by atoms with Gasteiger partial charge in [-0.1, -0.05) is 25.8 Å². The van der Waals surface area contributed by atoms with Crippen molar-refractivity contribution < 1.29 is 4.39 Å². The minimum absolute atomic E-state index is 0.0635. The number of rotatable bonds is 4. The second-order valence-corrected chi connectivity index (χ2v) is 6.47. The Morgan fingerprint density at radius 2 is 2.00 bits per heavy atom. The predicted molar refractivity (Wildman–Crippen MR) is 86.1 cm³/mol. The largest absolute Gasteiger partial charge is 0.368 e. The summed E-state index contributed by atoms with van der Waals surface area (Å²) in [7, 11) is 0. The highest BCUT2D eigenvalue weighted by atomic mass is 19.1. The Morgan fingerprint density at radius 1 is 1.19 bits per heavy atom. The van der Waals surface area contributed by atoms with E-state index in [0.717, 1.165) is 30.3 Å². The Hall–Kier alpha value is -1.09. The van der Waals surface area contributed by atoms with Crippen molar-refractivity contribution in [2.45, 2.75) is 58.0 Å². The first kappa shape index (κ1) is 14.8. The predicted octanol–water partition coefficient (Wildman–Crippen LogP) is 4.09. The summed E-state index contributed by atoms with van der Waals surface area (Å²) in [4.78, 5) is 2.52. The van der Waals surface area contributed by atoms with Gasteiger partial charge in [0.15, 0.2) is 0 Å². The maximum absolute atomic E-state index is 14.3. The molecule has 0 spiro atoms. The molecule has 2 fully saturated rings. The van der Waals surface area contributed by atoms with E-state index in [1.54, 1.807) is 6.07 Å². The zero-order valence-corrected chi connectivity index (χ0v) is 13.1. The summed E-state index contributed by atoms with van der Waals surface area (Å²) >= 11 is 0. The monoisotopic (exact) mass is 290 g/mol. The molecular weight excluding hydrogens is 263 g/mol. The molecule has 21 heavy (non-hydrogen) atoms. The lowest BCUT2D eigenvalue weighted by Crippen LogP contribution is -2.47. The van der Waals surface area contributed by atoms with Crippen molar-refractivity contribution >= 4 is 5.69 Å². The summed E-state index contributed by atoms with van der Waals surface area (Å²) in [5.41, 5.74) is 1.98. The summed E-state index contributed by atoms with van der Waals surface area (Å²) in [6.07, 6.45) is 7.95. The molecule has 0 radical (unpaired) electrons. The highest BCUT2D eigenvalue weighted by Crippen LogP contribution is 2.39. The average Bonchev–Trinajstić information content (AvgIpc) is 2.53. The van der Waals surface area contributed by atoms with E-state index in [-0.39, 0.29) is 5.82 Å². The maximum Gasteiger partial charge on any atom is 0.129 e. The quantitative estimate of drug-likeness (QED) is 0.898. The molecule has 3 heteroatoms. The highest BCUT2D eigenvalue weighted by molar-refractivity contribution is 5.55. The fourth-order valence-corrected chi connectivity index (χ4v) is 4.17. The Morgan fingerprint density at radius 3 is 2.86 bits per heavy atom. The van der Waals surface area contributed by atoms with E-state index in [0.29, 0.717) is 12.6 Å². The van der Waals surface area contributed by atoms with Gasteiger partial charge in [-0.15, -0.1) is 0 Å². The molecule has 1 aromatic rings. The Kier molecular flexibility index (Phi) is 4.79. The van der Waals surface area contributed by atoms with Crippen LogP contribution in [0.5, 0.6) is 0 Å². The van der Waals surface area contributed by atoms with E-state index in [2.05, 4.69) is 23.2 Å². The molecule has 1 heterocycles. The van der Waals surface area contributed by atoms with Crippen LogP contribution in [0, 0.1) is 11.7 Å². The van der Waals surface area contributed by atoms with Crippen LogP contribution in [0.4, 0.5) is 10.1 Å². The van der Waals surface area contributed by atoms with E-state index in [4.69, 9.17) is 0 Å². The second-order valence-electron chi connectivity index (χ2n) is 6.47. The molecule has 0 amide bonds. The first-order valence-corrected chi connectivity index (χ1v) is 8.56. The van der Waals surface area contributed by atoms with Crippen LogP contribution < -0.4 is 10.2 Å². The zero-order chi connectivity index (χ0) is 14.7. The van der Waals surface area contributed by atoms with Crippen molar-refractivity contribution in [3.8, 4) is 0 Å². The van der Waals surface area contributed by atoms with Gasteiger partial charge >= 0.3 is 0 Å². The lowest BCUT2D eigenvalue weighted by molar-refractivity contribution is 0.243.